The highest BCUT2D eigenvalue weighted by Gasteiger charge is 2.22. The number of benzene rings is 2. The van der Waals surface area contributed by atoms with Gasteiger partial charge in [0.25, 0.3) is 5.91 Å². The number of rotatable bonds is 6. The molecule has 3 aromatic rings. The van der Waals surface area contributed by atoms with Gasteiger partial charge in [0.2, 0.25) is 0 Å². The first-order valence-electron chi connectivity index (χ1n) is 10.4. The van der Waals surface area contributed by atoms with Crippen LogP contribution in [0.4, 0.5) is 5.69 Å². The molecule has 5 nitrogen and oxygen atoms in total. The Morgan fingerprint density at radius 2 is 1.87 bits per heavy atom. The highest BCUT2D eigenvalue weighted by Crippen LogP contribution is 2.21. The van der Waals surface area contributed by atoms with Crippen LogP contribution in [-0.4, -0.2) is 42.0 Å². The zero-order valence-electron chi connectivity index (χ0n) is 17.5. The van der Waals surface area contributed by atoms with Crippen LogP contribution < -0.4 is 9.64 Å². The highest BCUT2D eigenvalue weighted by molar-refractivity contribution is 7.09. The molecule has 6 heteroatoms. The van der Waals surface area contributed by atoms with Crippen molar-refractivity contribution in [1.29, 1.82) is 0 Å². The lowest BCUT2D eigenvalue weighted by molar-refractivity contribution is 0.0746. The molecular weight excluding hydrogens is 394 g/mol. The maximum absolute atomic E-state index is 13.0. The number of amides is 1. The molecule has 0 spiro atoms. The van der Waals surface area contributed by atoms with Crippen molar-refractivity contribution in [1.82, 2.24) is 9.88 Å². The maximum Gasteiger partial charge on any atom is 0.254 e. The van der Waals surface area contributed by atoms with Gasteiger partial charge in [-0.2, -0.15) is 0 Å². The van der Waals surface area contributed by atoms with Gasteiger partial charge in [0.05, 0.1) is 10.7 Å². The molecular formula is C24H27N3O2S. The fraction of sp³-hybridized carbons (Fsp3) is 0.333. The van der Waals surface area contributed by atoms with Crippen molar-refractivity contribution >= 4 is 22.9 Å². The minimum Gasteiger partial charge on any atom is -0.487 e. The van der Waals surface area contributed by atoms with Crippen LogP contribution in [0.2, 0.25) is 0 Å². The second-order valence-electron chi connectivity index (χ2n) is 7.47. The molecule has 1 fully saturated rings. The zero-order valence-corrected chi connectivity index (χ0v) is 18.3. The van der Waals surface area contributed by atoms with E-state index >= 15 is 0 Å². The summed E-state index contributed by atoms with van der Waals surface area (Å²) in [7, 11) is 0. The lowest BCUT2D eigenvalue weighted by atomic mass is 10.1. The lowest BCUT2D eigenvalue weighted by Crippen LogP contribution is -2.48. The molecule has 0 saturated carbocycles. The van der Waals surface area contributed by atoms with Crippen LogP contribution >= 0.6 is 11.3 Å². The SMILES string of the molecule is CCc1ccc(N2CCN(C(=O)c3cccc(OCc4csc(C)n4)c3)CC2)cc1. The van der Waals surface area contributed by atoms with Crippen LogP contribution in [0.25, 0.3) is 0 Å². The van der Waals surface area contributed by atoms with E-state index in [2.05, 4.69) is 41.1 Å². The fourth-order valence-electron chi connectivity index (χ4n) is 3.64. The quantitative estimate of drug-likeness (QED) is 0.586. The van der Waals surface area contributed by atoms with E-state index in [9.17, 15) is 4.79 Å². The molecule has 2 aromatic carbocycles. The minimum absolute atomic E-state index is 0.0610. The van der Waals surface area contributed by atoms with Crippen molar-refractivity contribution in [2.75, 3.05) is 31.1 Å². The zero-order chi connectivity index (χ0) is 20.9. The van der Waals surface area contributed by atoms with Crippen LogP contribution in [0.5, 0.6) is 5.75 Å². The van der Waals surface area contributed by atoms with Gasteiger partial charge in [0, 0.05) is 42.8 Å². The van der Waals surface area contributed by atoms with Gasteiger partial charge in [-0.3, -0.25) is 4.79 Å². The number of anilines is 1. The Morgan fingerprint density at radius 1 is 1.10 bits per heavy atom. The first-order valence-corrected chi connectivity index (χ1v) is 11.3. The van der Waals surface area contributed by atoms with Crippen molar-refractivity contribution in [2.24, 2.45) is 0 Å². The van der Waals surface area contributed by atoms with Gasteiger partial charge in [0.15, 0.2) is 0 Å². The summed E-state index contributed by atoms with van der Waals surface area (Å²) in [5.74, 6) is 0.757. The molecule has 0 atom stereocenters. The van der Waals surface area contributed by atoms with E-state index in [0.29, 0.717) is 17.9 Å². The summed E-state index contributed by atoms with van der Waals surface area (Å²) in [5, 5.41) is 3.03. The summed E-state index contributed by atoms with van der Waals surface area (Å²) in [6, 6.07) is 16.2. The van der Waals surface area contributed by atoms with Crippen molar-refractivity contribution < 1.29 is 9.53 Å². The van der Waals surface area contributed by atoms with Crippen LogP contribution in [-0.2, 0) is 13.0 Å². The summed E-state index contributed by atoms with van der Waals surface area (Å²) in [6.07, 6.45) is 1.05. The molecule has 0 radical (unpaired) electrons. The Bertz CT molecular complexity index is 992. The number of ether oxygens (including phenoxy) is 1. The first kappa shape index (κ1) is 20.4. The third-order valence-corrected chi connectivity index (χ3v) is 6.23. The smallest absolute Gasteiger partial charge is 0.254 e. The molecule has 0 N–H and O–H groups in total. The number of piperazine rings is 1. The molecule has 1 amide bonds. The molecule has 0 unspecified atom stereocenters. The van der Waals surface area contributed by atoms with E-state index in [0.717, 1.165) is 43.3 Å². The Labute approximate surface area is 181 Å². The second kappa shape index (κ2) is 9.30. The van der Waals surface area contributed by atoms with Gasteiger partial charge in [0.1, 0.15) is 12.4 Å². The normalized spacial score (nSPS) is 14.1. The number of nitrogens with zero attached hydrogens (tertiary/aromatic N) is 3. The third-order valence-electron chi connectivity index (χ3n) is 5.41. The van der Waals surface area contributed by atoms with Gasteiger partial charge in [-0.05, 0) is 49.2 Å². The monoisotopic (exact) mass is 421 g/mol. The van der Waals surface area contributed by atoms with Crippen molar-refractivity contribution in [3.63, 3.8) is 0 Å². The number of aromatic nitrogens is 1. The number of aryl methyl sites for hydroxylation is 2. The number of hydrogen-bond donors (Lipinski definition) is 0. The summed E-state index contributed by atoms with van der Waals surface area (Å²) in [6.45, 7) is 7.69. The maximum atomic E-state index is 13.0. The van der Waals surface area contributed by atoms with Gasteiger partial charge in [-0.15, -0.1) is 11.3 Å². The summed E-state index contributed by atoms with van der Waals surface area (Å²) in [5.41, 5.74) is 4.16. The topological polar surface area (TPSA) is 45.7 Å². The van der Waals surface area contributed by atoms with Crippen molar-refractivity contribution in [3.05, 3.63) is 75.7 Å². The van der Waals surface area contributed by atoms with Crippen LogP contribution in [0, 0.1) is 6.92 Å². The Hall–Kier alpha value is -2.86. The standard InChI is InChI=1S/C24H27N3O2S/c1-3-19-7-9-22(10-8-19)26-11-13-27(14-12-26)24(28)20-5-4-6-23(15-20)29-16-21-17-30-18(2)25-21/h4-10,15,17H,3,11-14,16H2,1-2H3. The van der Waals surface area contributed by atoms with Crippen LogP contribution in [0.3, 0.4) is 0 Å². The molecule has 0 aliphatic carbocycles. The Kier molecular flexibility index (Phi) is 6.33. The average Bonchev–Trinajstić information content (AvgIpc) is 3.23. The third kappa shape index (κ3) is 4.82. The molecule has 0 bridgehead atoms. The fourth-order valence-corrected chi connectivity index (χ4v) is 4.24. The van der Waals surface area contributed by atoms with Crippen LogP contribution in [0.15, 0.2) is 53.9 Å². The van der Waals surface area contributed by atoms with Crippen molar-refractivity contribution in [2.45, 2.75) is 26.9 Å². The summed E-state index contributed by atoms with van der Waals surface area (Å²) >= 11 is 1.61. The lowest BCUT2D eigenvalue weighted by Gasteiger charge is -2.36. The Morgan fingerprint density at radius 3 is 2.53 bits per heavy atom. The molecule has 1 aliphatic rings. The average molecular weight is 422 g/mol. The van der Waals surface area contributed by atoms with E-state index in [1.54, 1.807) is 11.3 Å². The van der Waals surface area contributed by atoms with Gasteiger partial charge < -0.3 is 14.5 Å². The Balaban J connectivity index is 1.34. The largest absolute Gasteiger partial charge is 0.487 e. The predicted octanol–water partition coefficient (Wildman–Crippen LogP) is 4.56. The van der Waals surface area contributed by atoms with E-state index in [4.69, 9.17) is 4.74 Å². The van der Waals surface area contributed by atoms with Crippen molar-refractivity contribution in [3.8, 4) is 5.75 Å². The van der Waals surface area contributed by atoms with E-state index in [1.165, 1.54) is 11.3 Å². The minimum atomic E-state index is 0.0610. The number of thiazole rings is 1. The number of hydrogen-bond acceptors (Lipinski definition) is 5. The molecule has 30 heavy (non-hydrogen) atoms. The molecule has 156 valence electrons. The van der Waals surface area contributed by atoms with E-state index < -0.39 is 0 Å². The number of carbonyl (C=O) groups excluding carboxylic acids is 1. The van der Waals surface area contributed by atoms with Gasteiger partial charge in [-0.1, -0.05) is 25.1 Å². The molecule has 1 aromatic heterocycles. The van der Waals surface area contributed by atoms with E-state index in [1.807, 2.05) is 41.5 Å². The molecule has 1 aliphatic heterocycles. The number of carbonyl (C=O) groups is 1. The second-order valence-corrected chi connectivity index (χ2v) is 8.54. The first-order chi connectivity index (χ1) is 14.6. The van der Waals surface area contributed by atoms with Crippen LogP contribution in [0.1, 0.15) is 33.5 Å². The van der Waals surface area contributed by atoms with Gasteiger partial charge >= 0.3 is 0 Å². The van der Waals surface area contributed by atoms with E-state index in [-0.39, 0.29) is 5.91 Å². The molecule has 4 rings (SSSR count). The molecule has 2 heterocycles. The predicted molar refractivity (Wildman–Crippen MR) is 122 cm³/mol. The highest BCUT2D eigenvalue weighted by atomic mass is 32.1. The molecule has 1 saturated heterocycles. The van der Waals surface area contributed by atoms with Gasteiger partial charge in [-0.25, -0.2) is 4.98 Å². The summed E-state index contributed by atoms with van der Waals surface area (Å²) < 4.78 is 5.84. The summed E-state index contributed by atoms with van der Waals surface area (Å²) in [4.78, 5) is 21.7.